The molecule has 0 unspecified atom stereocenters. The van der Waals surface area contributed by atoms with E-state index in [1.807, 2.05) is 0 Å². The summed E-state index contributed by atoms with van der Waals surface area (Å²) in [5.74, 6) is -0.909. The fourth-order valence-corrected chi connectivity index (χ4v) is 1.47. The van der Waals surface area contributed by atoms with Gasteiger partial charge in [0, 0.05) is 41.4 Å². The molecule has 0 atom stereocenters. The van der Waals surface area contributed by atoms with Crippen LogP contribution < -0.4 is 5.73 Å². The molecule has 0 aliphatic heterocycles. The number of nitrogens with zero attached hydrogens (tertiary/aromatic N) is 1. The average Bonchev–Trinajstić information content (AvgIpc) is 2.45. The van der Waals surface area contributed by atoms with Crippen molar-refractivity contribution in [2.75, 3.05) is 18.9 Å². The Morgan fingerprint density at radius 1 is 1.05 bits per heavy atom. The lowest BCUT2D eigenvalue weighted by atomic mass is 10.1. The van der Waals surface area contributed by atoms with Crippen molar-refractivity contribution in [2.45, 2.75) is 13.8 Å². The third-order valence-electron chi connectivity index (χ3n) is 2.42. The molecule has 0 fully saturated rings. The Bertz CT molecular complexity index is 519. The van der Waals surface area contributed by atoms with Gasteiger partial charge in [0.1, 0.15) is 0 Å². The molecule has 0 aliphatic rings. The van der Waals surface area contributed by atoms with Crippen molar-refractivity contribution in [3.8, 4) is 0 Å². The Balaban J connectivity index is 2.88. The van der Waals surface area contributed by atoms with Crippen molar-refractivity contribution < 1.29 is 19.1 Å². The second-order valence-electron chi connectivity index (χ2n) is 3.90. The van der Waals surface area contributed by atoms with Crippen LogP contribution in [0.3, 0.4) is 0 Å². The molecule has 21 heavy (non-hydrogen) atoms. The third-order valence-corrected chi connectivity index (χ3v) is 2.42. The van der Waals surface area contributed by atoms with Crippen molar-refractivity contribution in [3.05, 3.63) is 35.7 Å². The second kappa shape index (κ2) is 8.52. The molecule has 0 saturated heterocycles. The van der Waals surface area contributed by atoms with E-state index in [1.54, 1.807) is 13.8 Å². The first kappa shape index (κ1) is 16.4. The topological polar surface area (TPSA) is 91.5 Å². The molecular formula is C15H18N2O4. The van der Waals surface area contributed by atoms with Crippen LogP contribution in [0.4, 0.5) is 5.69 Å². The lowest BCUT2D eigenvalue weighted by Gasteiger charge is -2.04. The predicted molar refractivity (Wildman–Crippen MR) is 80.0 cm³/mol. The maximum Gasteiger partial charge on any atom is 0.330 e. The first-order valence-corrected chi connectivity index (χ1v) is 6.51. The van der Waals surface area contributed by atoms with E-state index in [2.05, 4.69) is 4.98 Å². The first-order valence-electron chi connectivity index (χ1n) is 6.51. The number of carbonyl (C=O) groups excluding carboxylic acids is 2. The van der Waals surface area contributed by atoms with E-state index in [-0.39, 0.29) is 0 Å². The fourth-order valence-electron chi connectivity index (χ4n) is 1.47. The van der Waals surface area contributed by atoms with Gasteiger partial charge in [-0.2, -0.15) is 0 Å². The molecule has 0 amide bonds. The van der Waals surface area contributed by atoms with E-state index in [0.29, 0.717) is 30.0 Å². The zero-order valence-corrected chi connectivity index (χ0v) is 12.0. The second-order valence-corrected chi connectivity index (χ2v) is 3.90. The van der Waals surface area contributed by atoms with Gasteiger partial charge in [-0.3, -0.25) is 4.98 Å². The summed E-state index contributed by atoms with van der Waals surface area (Å²) in [5, 5.41) is 0. The Kier molecular flexibility index (Phi) is 6.67. The minimum absolute atomic E-state index is 0.305. The van der Waals surface area contributed by atoms with E-state index in [9.17, 15) is 9.59 Å². The van der Waals surface area contributed by atoms with Gasteiger partial charge in [-0.15, -0.1) is 0 Å². The Morgan fingerprint density at radius 3 is 1.86 bits per heavy atom. The van der Waals surface area contributed by atoms with Crippen LogP contribution in [0.1, 0.15) is 25.0 Å². The van der Waals surface area contributed by atoms with Crippen LogP contribution in [-0.2, 0) is 19.1 Å². The first-order chi connectivity index (χ1) is 10.1. The van der Waals surface area contributed by atoms with Crippen molar-refractivity contribution >= 4 is 29.8 Å². The number of anilines is 1. The zero-order valence-electron chi connectivity index (χ0n) is 12.0. The van der Waals surface area contributed by atoms with Crippen molar-refractivity contribution in [3.63, 3.8) is 0 Å². The van der Waals surface area contributed by atoms with Crippen LogP contribution in [0.2, 0.25) is 0 Å². The summed E-state index contributed by atoms with van der Waals surface area (Å²) in [5.41, 5.74) is 7.49. The lowest BCUT2D eigenvalue weighted by Crippen LogP contribution is -2.01. The molecule has 6 heteroatoms. The monoisotopic (exact) mass is 290 g/mol. The van der Waals surface area contributed by atoms with Crippen LogP contribution in [0.15, 0.2) is 24.5 Å². The summed E-state index contributed by atoms with van der Waals surface area (Å²) in [7, 11) is 0. The highest BCUT2D eigenvalue weighted by Crippen LogP contribution is 2.18. The van der Waals surface area contributed by atoms with Gasteiger partial charge in [-0.1, -0.05) is 0 Å². The lowest BCUT2D eigenvalue weighted by molar-refractivity contribution is -0.138. The highest BCUT2D eigenvalue weighted by molar-refractivity contribution is 5.91. The number of hydrogen-bond donors (Lipinski definition) is 1. The summed E-state index contributed by atoms with van der Waals surface area (Å²) in [6.45, 7) is 4.06. The van der Waals surface area contributed by atoms with Crippen LogP contribution in [0.5, 0.6) is 0 Å². The van der Waals surface area contributed by atoms with Crippen molar-refractivity contribution in [1.29, 1.82) is 0 Å². The van der Waals surface area contributed by atoms with Gasteiger partial charge in [-0.25, -0.2) is 9.59 Å². The summed E-state index contributed by atoms with van der Waals surface area (Å²) in [6, 6.07) is 0. The van der Waals surface area contributed by atoms with Crippen LogP contribution >= 0.6 is 0 Å². The zero-order chi connectivity index (χ0) is 15.7. The van der Waals surface area contributed by atoms with Crippen LogP contribution in [-0.4, -0.2) is 30.1 Å². The van der Waals surface area contributed by atoms with Crippen LogP contribution in [0, 0.1) is 0 Å². The molecule has 0 bridgehead atoms. The molecule has 0 aromatic carbocycles. The summed E-state index contributed by atoms with van der Waals surface area (Å²) in [6.07, 6.45) is 8.62. The number of rotatable bonds is 6. The molecule has 1 rings (SSSR count). The number of esters is 2. The molecule has 112 valence electrons. The van der Waals surface area contributed by atoms with E-state index >= 15 is 0 Å². The van der Waals surface area contributed by atoms with Gasteiger partial charge in [0.2, 0.25) is 0 Å². The van der Waals surface area contributed by atoms with E-state index in [0.717, 1.165) is 0 Å². The number of nitrogens with two attached hydrogens (primary N) is 1. The van der Waals surface area contributed by atoms with Crippen molar-refractivity contribution in [1.82, 2.24) is 4.98 Å². The summed E-state index contributed by atoms with van der Waals surface area (Å²) >= 11 is 0. The molecule has 0 radical (unpaired) electrons. The maximum absolute atomic E-state index is 11.3. The van der Waals surface area contributed by atoms with Gasteiger partial charge < -0.3 is 15.2 Å². The quantitative estimate of drug-likeness (QED) is 0.634. The summed E-state index contributed by atoms with van der Waals surface area (Å²) < 4.78 is 9.55. The average molecular weight is 290 g/mol. The number of aromatic nitrogens is 1. The number of nitrogen functional groups attached to an aromatic ring is 1. The van der Waals surface area contributed by atoms with Gasteiger partial charge in [0.25, 0.3) is 0 Å². The minimum atomic E-state index is -0.454. The van der Waals surface area contributed by atoms with Crippen molar-refractivity contribution in [2.24, 2.45) is 0 Å². The third kappa shape index (κ3) is 5.48. The Morgan fingerprint density at radius 2 is 1.48 bits per heavy atom. The van der Waals surface area contributed by atoms with Gasteiger partial charge >= 0.3 is 11.9 Å². The van der Waals surface area contributed by atoms with Gasteiger partial charge in [0.15, 0.2) is 0 Å². The highest BCUT2D eigenvalue weighted by Gasteiger charge is 2.03. The number of carbonyl (C=O) groups is 2. The van der Waals surface area contributed by atoms with Gasteiger partial charge in [0.05, 0.1) is 13.2 Å². The normalized spacial score (nSPS) is 11.0. The fraction of sp³-hybridized carbons (Fsp3) is 0.267. The molecule has 1 aromatic rings. The molecule has 0 aliphatic carbocycles. The summed E-state index contributed by atoms with van der Waals surface area (Å²) in [4.78, 5) is 26.5. The molecular weight excluding hydrogens is 272 g/mol. The Hall–Kier alpha value is -2.63. The number of pyridine rings is 1. The highest BCUT2D eigenvalue weighted by atomic mass is 16.5. The van der Waals surface area contributed by atoms with Crippen LogP contribution in [0.25, 0.3) is 12.2 Å². The molecule has 0 saturated carbocycles. The van der Waals surface area contributed by atoms with Gasteiger partial charge in [-0.05, 0) is 26.0 Å². The standard InChI is InChI=1S/C15H18N2O4/c1-3-20-13(18)7-5-11-9-17-10-12(15(11)16)6-8-14(19)21-4-2/h5-10H,3-4H2,1-2H3,(H2,16,17)/b7-5+,8-6+. The largest absolute Gasteiger partial charge is 0.463 e. The predicted octanol–water partition coefficient (Wildman–Crippen LogP) is 1.82. The molecule has 0 spiro atoms. The molecule has 1 heterocycles. The molecule has 6 nitrogen and oxygen atoms in total. The number of ether oxygens (including phenoxy) is 2. The maximum atomic E-state index is 11.3. The van der Waals surface area contributed by atoms with E-state index < -0.39 is 11.9 Å². The minimum Gasteiger partial charge on any atom is -0.463 e. The number of hydrogen-bond acceptors (Lipinski definition) is 6. The molecule has 1 aromatic heterocycles. The Labute approximate surface area is 123 Å². The molecule has 2 N–H and O–H groups in total. The van der Waals surface area contributed by atoms with E-state index in [4.69, 9.17) is 15.2 Å². The van der Waals surface area contributed by atoms with E-state index in [1.165, 1.54) is 36.7 Å². The SMILES string of the molecule is CCOC(=O)/C=C/c1cncc(/C=C/C(=O)OCC)c1N. The smallest absolute Gasteiger partial charge is 0.330 e.